The molecule has 0 saturated carbocycles. The molecular weight excluding hydrogens is 260 g/mol. The van der Waals surface area contributed by atoms with E-state index in [1.807, 2.05) is 18.5 Å². The standard InChI is InChI=1S/C18H24N2O/c1-3-14-8-10-15(11-9-14)18(21)13(2)20-12-19-16-6-4-5-7-17(16)20/h8-13,18,21H,3-7H2,1-2H3. The van der Waals surface area contributed by atoms with Gasteiger partial charge in [-0.1, -0.05) is 31.2 Å². The van der Waals surface area contributed by atoms with E-state index in [4.69, 9.17) is 0 Å². The first-order valence-electron chi connectivity index (χ1n) is 8.02. The number of rotatable bonds is 4. The number of imidazole rings is 1. The van der Waals surface area contributed by atoms with Gasteiger partial charge in [-0.2, -0.15) is 0 Å². The number of aliphatic hydroxyl groups excluding tert-OH is 1. The van der Waals surface area contributed by atoms with Crippen LogP contribution in [0.1, 0.15) is 61.3 Å². The molecule has 0 radical (unpaired) electrons. The monoisotopic (exact) mass is 284 g/mol. The topological polar surface area (TPSA) is 38.0 Å². The highest BCUT2D eigenvalue weighted by atomic mass is 16.3. The Balaban J connectivity index is 1.83. The number of nitrogens with zero attached hydrogens (tertiary/aromatic N) is 2. The van der Waals surface area contributed by atoms with Crippen LogP contribution in [-0.2, 0) is 19.3 Å². The molecule has 0 amide bonds. The maximum absolute atomic E-state index is 10.7. The van der Waals surface area contributed by atoms with Gasteiger partial charge in [0.2, 0.25) is 0 Å². The van der Waals surface area contributed by atoms with Crippen molar-refractivity contribution in [3.63, 3.8) is 0 Å². The van der Waals surface area contributed by atoms with E-state index < -0.39 is 6.10 Å². The van der Waals surface area contributed by atoms with Gasteiger partial charge in [0.25, 0.3) is 0 Å². The fourth-order valence-corrected chi connectivity index (χ4v) is 3.22. The summed E-state index contributed by atoms with van der Waals surface area (Å²) in [5.74, 6) is 0. The molecule has 3 rings (SSSR count). The van der Waals surface area contributed by atoms with Crippen molar-refractivity contribution >= 4 is 0 Å². The van der Waals surface area contributed by atoms with Gasteiger partial charge in [-0.05, 0) is 50.2 Å². The van der Waals surface area contributed by atoms with Gasteiger partial charge in [-0.15, -0.1) is 0 Å². The van der Waals surface area contributed by atoms with E-state index in [0.717, 1.165) is 24.8 Å². The third-order valence-electron chi connectivity index (χ3n) is 4.69. The molecule has 1 N–H and O–H groups in total. The van der Waals surface area contributed by atoms with Crippen molar-refractivity contribution in [2.75, 3.05) is 0 Å². The zero-order chi connectivity index (χ0) is 14.8. The predicted octanol–water partition coefficient (Wildman–Crippen LogP) is 3.62. The summed E-state index contributed by atoms with van der Waals surface area (Å²) in [6.45, 7) is 4.22. The lowest BCUT2D eigenvalue weighted by Crippen LogP contribution is -2.18. The summed E-state index contributed by atoms with van der Waals surface area (Å²) in [5, 5.41) is 10.7. The summed E-state index contributed by atoms with van der Waals surface area (Å²) in [6.07, 6.45) is 7.07. The molecular formula is C18H24N2O. The van der Waals surface area contributed by atoms with Crippen molar-refractivity contribution in [3.8, 4) is 0 Å². The molecule has 0 saturated heterocycles. The lowest BCUT2D eigenvalue weighted by atomic mass is 9.98. The average Bonchev–Trinajstić information content (AvgIpc) is 2.97. The maximum atomic E-state index is 10.7. The Labute approximate surface area is 126 Å². The minimum absolute atomic E-state index is 0.0202. The van der Waals surface area contributed by atoms with Crippen LogP contribution in [0.5, 0.6) is 0 Å². The second-order valence-electron chi connectivity index (χ2n) is 6.03. The van der Waals surface area contributed by atoms with Crippen LogP contribution >= 0.6 is 0 Å². The molecule has 0 spiro atoms. The Morgan fingerprint density at radius 2 is 1.90 bits per heavy atom. The first kappa shape index (κ1) is 14.3. The first-order chi connectivity index (χ1) is 10.2. The van der Waals surface area contributed by atoms with Crippen LogP contribution < -0.4 is 0 Å². The minimum Gasteiger partial charge on any atom is -0.386 e. The third-order valence-corrected chi connectivity index (χ3v) is 4.69. The Morgan fingerprint density at radius 1 is 1.19 bits per heavy atom. The summed E-state index contributed by atoms with van der Waals surface area (Å²) in [4.78, 5) is 4.53. The van der Waals surface area contributed by atoms with Gasteiger partial charge >= 0.3 is 0 Å². The Hall–Kier alpha value is -1.61. The number of aryl methyl sites for hydroxylation is 2. The quantitative estimate of drug-likeness (QED) is 0.931. The third kappa shape index (κ3) is 2.75. The summed E-state index contributed by atoms with van der Waals surface area (Å²) in [7, 11) is 0. The predicted molar refractivity (Wildman–Crippen MR) is 84.4 cm³/mol. The molecule has 3 heteroatoms. The van der Waals surface area contributed by atoms with Gasteiger partial charge in [0.05, 0.1) is 24.2 Å². The number of aliphatic hydroxyl groups is 1. The average molecular weight is 284 g/mol. The number of hydrogen-bond donors (Lipinski definition) is 1. The zero-order valence-electron chi connectivity index (χ0n) is 12.9. The summed E-state index contributed by atoms with van der Waals surface area (Å²) >= 11 is 0. The Bertz CT molecular complexity index is 600. The smallest absolute Gasteiger partial charge is 0.0994 e. The van der Waals surface area contributed by atoms with E-state index in [2.05, 4.69) is 35.5 Å². The van der Waals surface area contributed by atoms with Crippen LogP contribution in [0.15, 0.2) is 30.6 Å². The second-order valence-corrected chi connectivity index (χ2v) is 6.03. The van der Waals surface area contributed by atoms with Gasteiger partial charge in [-0.3, -0.25) is 0 Å². The van der Waals surface area contributed by atoms with E-state index in [0.29, 0.717) is 0 Å². The summed E-state index contributed by atoms with van der Waals surface area (Å²) in [5.41, 5.74) is 4.83. The van der Waals surface area contributed by atoms with Gasteiger partial charge < -0.3 is 9.67 Å². The van der Waals surface area contributed by atoms with Crippen LogP contribution in [0.2, 0.25) is 0 Å². The van der Waals surface area contributed by atoms with Crippen LogP contribution in [0.4, 0.5) is 0 Å². The molecule has 1 aliphatic rings. The SMILES string of the molecule is CCc1ccc(C(O)C(C)n2cnc3c2CCCC3)cc1. The Kier molecular flexibility index (Phi) is 4.11. The van der Waals surface area contributed by atoms with E-state index in [1.54, 1.807) is 0 Å². The molecule has 2 aromatic rings. The highest BCUT2D eigenvalue weighted by molar-refractivity contribution is 5.25. The van der Waals surface area contributed by atoms with Gasteiger partial charge in [0, 0.05) is 5.69 Å². The molecule has 1 aromatic carbocycles. The highest BCUT2D eigenvalue weighted by Gasteiger charge is 2.23. The van der Waals surface area contributed by atoms with Crippen molar-refractivity contribution in [3.05, 3.63) is 53.1 Å². The first-order valence-corrected chi connectivity index (χ1v) is 8.02. The van der Waals surface area contributed by atoms with E-state index in [-0.39, 0.29) is 6.04 Å². The molecule has 1 aliphatic carbocycles. The second kappa shape index (κ2) is 6.02. The van der Waals surface area contributed by atoms with Gasteiger partial charge in [-0.25, -0.2) is 4.98 Å². The minimum atomic E-state index is -0.490. The van der Waals surface area contributed by atoms with Crippen LogP contribution in [0.25, 0.3) is 0 Å². The molecule has 0 aliphatic heterocycles. The van der Waals surface area contributed by atoms with E-state index >= 15 is 0 Å². The van der Waals surface area contributed by atoms with Crippen LogP contribution in [-0.4, -0.2) is 14.7 Å². The molecule has 1 aromatic heterocycles. The number of benzene rings is 1. The van der Waals surface area contributed by atoms with Crippen molar-refractivity contribution in [2.45, 2.75) is 58.1 Å². The van der Waals surface area contributed by atoms with Gasteiger partial charge in [0.1, 0.15) is 0 Å². The van der Waals surface area contributed by atoms with E-state index in [1.165, 1.54) is 29.8 Å². The van der Waals surface area contributed by atoms with Crippen molar-refractivity contribution in [2.24, 2.45) is 0 Å². The molecule has 3 nitrogen and oxygen atoms in total. The van der Waals surface area contributed by atoms with Crippen molar-refractivity contribution in [1.29, 1.82) is 0 Å². The summed E-state index contributed by atoms with van der Waals surface area (Å²) in [6, 6.07) is 8.32. The van der Waals surface area contributed by atoms with Crippen LogP contribution in [0, 0.1) is 0 Å². The van der Waals surface area contributed by atoms with Gasteiger partial charge in [0.15, 0.2) is 0 Å². The molecule has 2 unspecified atom stereocenters. The fraction of sp³-hybridized carbons (Fsp3) is 0.500. The molecule has 112 valence electrons. The lowest BCUT2D eigenvalue weighted by Gasteiger charge is -2.24. The summed E-state index contributed by atoms with van der Waals surface area (Å²) < 4.78 is 2.17. The molecule has 1 heterocycles. The Morgan fingerprint density at radius 3 is 2.62 bits per heavy atom. The number of fused-ring (bicyclic) bond motifs is 1. The van der Waals surface area contributed by atoms with Crippen molar-refractivity contribution in [1.82, 2.24) is 9.55 Å². The number of hydrogen-bond acceptors (Lipinski definition) is 2. The van der Waals surface area contributed by atoms with Crippen LogP contribution in [0.3, 0.4) is 0 Å². The van der Waals surface area contributed by atoms with Crippen molar-refractivity contribution < 1.29 is 5.11 Å². The molecule has 2 atom stereocenters. The maximum Gasteiger partial charge on any atom is 0.0994 e. The lowest BCUT2D eigenvalue weighted by molar-refractivity contribution is 0.120. The zero-order valence-corrected chi connectivity index (χ0v) is 12.9. The number of aromatic nitrogens is 2. The van der Waals surface area contributed by atoms with E-state index in [9.17, 15) is 5.11 Å². The fourth-order valence-electron chi connectivity index (χ4n) is 3.22. The highest BCUT2D eigenvalue weighted by Crippen LogP contribution is 2.30. The molecule has 0 bridgehead atoms. The largest absolute Gasteiger partial charge is 0.386 e. The molecule has 21 heavy (non-hydrogen) atoms. The normalized spacial score (nSPS) is 17.3. The molecule has 0 fully saturated rings.